The summed E-state index contributed by atoms with van der Waals surface area (Å²) in [4.78, 5) is 11.2. The van der Waals surface area contributed by atoms with E-state index in [1.54, 1.807) is 11.3 Å². The van der Waals surface area contributed by atoms with Gasteiger partial charge in [0.2, 0.25) is 11.8 Å². The van der Waals surface area contributed by atoms with Crippen molar-refractivity contribution in [1.82, 2.24) is 9.97 Å². The number of aromatic nitrogens is 2. The van der Waals surface area contributed by atoms with Gasteiger partial charge in [-0.15, -0.1) is 11.3 Å². The molecule has 0 saturated heterocycles. The van der Waals surface area contributed by atoms with Gasteiger partial charge in [-0.05, 0) is 25.5 Å². The van der Waals surface area contributed by atoms with Crippen LogP contribution in [0.4, 0.5) is 5.95 Å². The monoisotopic (exact) mass is 299 g/mol. The molecule has 1 N–H and O–H groups in total. The number of hydrogen-bond acceptors (Lipinski definition) is 5. The molecule has 0 radical (unpaired) electrons. The smallest absolute Gasteiger partial charge is 0.227 e. The van der Waals surface area contributed by atoms with Crippen molar-refractivity contribution in [3.8, 4) is 5.88 Å². The third-order valence-corrected chi connectivity index (χ3v) is 3.98. The number of aryl methyl sites for hydroxylation is 1. The van der Waals surface area contributed by atoms with E-state index in [1.165, 1.54) is 4.88 Å². The van der Waals surface area contributed by atoms with Crippen molar-refractivity contribution in [2.45, 2.75) is 20.5 Å². The van der Waals surface area contributed by atoms with Gasteiger partial charge in [0.25, 0.3) is 0 Å². The van der Waals surface area contributed by atoms with Gasteiger partial charge in [-0.25, -0.2) is 4.98 Å². The fourth-order valence-corrected chi connectivity index (χ4v) is 2.96. The highest BCUT2D eigenvalue weighted by molar-refractivity contribution is 7.18. The Morgan fingerprint density at radius 2 is 2.00 bits per heavy atom. The molecule has 3 aromatic rings. The summed E-state index contributed by atoms with van der Waals surface area (Å²) < 4.78 is 5.92. The quantitative estimate of drug-likeness (QED) is 0.773. The first-order valence-corrected chi connectivity index (χ1v) is 7.76. The number of rotatable bonds is 5. The van der Waals surface area contributed by atoms with E-state index >= 15 is 0 Å². The fourth-order valence-electron chi connectivity index (χ4n) is 2.09. The molecule has 5 heteroatoms. The van der Waals surface area contributed by atoms with E-state index in [0.717, 1.165) is 22.3 Å². The molecule has 4 nitrogen and oxygen atoms in total. The summed E-state index contributed by atoms with van der Waals surface area (Å²) in [5.74, 6) is 1.26. The van der Waals surface area contributed by atoms with Gasteiger partial charge in [-0.1, -0.05) is 30.3 Å². The predicted molar refractivity (Wildman–Crippen MR) is 87.1 cm³/mol. The summed E-state index contributed by atoms with van der Waals surface area (Å²) in [6, 6.07) is 12.2. The van der Waals surface area contributed by atoms with Crippen LogP contribution in [0.3, 0.4) is 0 Å². The van der Waals surface area contributed by atoms with Gasteiger partial charge >= 0.3 is 0 Å². The zero-order valence-corrected chi connectivity index (χ0v) is 12.9. The van der Waals surface area contributed by atoms with Crippen LogP contribution in [-0.2, 0) is 6.61 Å². The summed E-state index contributed by atoms with van der Waals surface area (Å²) in [5.41, 5.74) is 1.13. The van der Waals surface area contributed by atoms with E-state index in [1.807, 2.05) is 37.3 Å². The van der Waals surface area contributed by atoms with Crippen LogP contribution in [0.25, 0.3) is 10.2 Å². The average molecular weight is 299 g/mol. The van der Waals surface area contributed by atoms with Gasteiger partial charge in [-0.2, -0.15) is 4.98 Å². The molecule has 0 spiro atoms. The normalized spacial score (nSPS) is 10.8. The molecule has 0 bridgehead atoms. The molecule has 0 fully saturated rings. The zero-order valence-electron chi connectivity index (χ0n) is 12.1. The minimum absolute atomic E-state index is 0.507. The molecule has 3 rings (SSSR count). The number of nitrogens with zero attached hydrogens (tertiary/aromatic N) is 2. The van der Waals surface area contributed by atoms with Crippen LogP contribution in [0.5, 0.6) is 5.88 Å². The molecule has 0 amide bonds. The molecule has 0 aliphatic rings. The molecule has 0 aliphatic heterocycles. The topological polar surface area (TPSA) is 47.0 Å². The Morgan fingerprint density at radius 3 is 2.76 bits per heavy atom. The maximum Gasteiger partial charge on any atom is 0.227 e. The van der Waals surface area contributed by atoms with Crippen molar-refractivity contribution in [3.05, 3.63) is 46.8 Å². The molecule has 1 aromatic carbocycles. The Bertz CT molecular complexity index is 740. The van der Waals surface area contributed by atoms with Crippen molar-refractivity contribution < 1.29 is 4.74 Å². The number of hydrogen-bond donors (Lipinski definition) is 1. The first-order chi connectivity index (χ1) is 10.3. The Morgan fingerprint density at radius 1 is 1.19 bits per heavy atom. The van der Waals surface area contributed by atoms with Crippen molar-refractivity contribution in [2.24, 2.45) is 0 Å². The highest BCUT2D eigenvalue weighted by Crippen LogP contribution is 2.31. The molecule has 0 atom stereocenters. The van der Waals surface area contributed by atoms with Gasteiger partial charge in [0.1, 0.15) is 11.4 Å². The fraction of sp³-hybridized carbons (Fsp3) is 0.250. The molecule has 21 heavy (non-hydrogen) atoms. The average Bonchev–Trinajstić information content (AvgIpc) is 2.86. The van der Waals surface area contributed by atoms with Crippen molar-refractivity contribution in [2.75, 3.05) is 11.9 Å². The largest absolute Gasteiger partial charge is 0.472 e. The Balaban J connectivity index is 1.91. The van der Waals surface area contributed by atoms with E-state index < -0.39 is 0 Å². The van der Waals surface area contributed by atoms with Gasteiger partial charge < -0.3 is 10.1 Å². The van der Waals surface area contributed by atoms with Crippen molar-refractivity contribution in [3.63, 3.8) is 0 Å². The minimum atomic E-state index is 0.507. The number of ether oxygens (including phenoxy) is 1. The lowest BCUT2D eigenvalue weighted by atomic mass is 10.2. The number of thiophene rings is 1. The predicted octanol–water partition coefficient (Wildman–Crippen LogP) is 4.01. The van der Waals surface area contributed by atoms with Gasteiger partial charge in [0, 0.05) is 11.4 Å². The van der Waals surface area contributed by atoms with Crippen LogP contribution in [0.1, 0.15) is 17.4 Å². The molecular weight excluding hydrogens is 282 g/mol. The highest BCUT2D eigenvalue weighted by atomic mass is 32.1. The van der Waals surface area contributed by atoms with E-state index in [4.69, 9.17) is 4.74 Å². The van der Waals surface area contributed by atoms with Crippen molar-refractivity contribution >= 4 is 27.5 Å². The van der Waals surface area contributed by atoms with Crippen LogP contribution in [-0.4, -0.2) is 16.5 Å². The standard InChI is InChI=1S/C16H17N3OS/c1-3-17-16-18-14(13-9-11(2)21-15(13)19-16)20-10-12-7-5-4-6-8-12/h4-9H,3,10H2,1-2H3,(H,17,18,19). The lowest BCUT2D eigenvalue weighted by Gasteiger charge is -2.08. The summed E-state index contributed by atoms with van der Waals surface area (Å²) in [5, 5.41) is 4.13. The second-order valence-electron chi connectivity index (χ2n) is 4.73. The Kier molecular flexibility index (Phi) is 4.01. The molecule has 0 unspecified atom stereocenters. The first-order valence-electron chi connectivity index (χ1n) is 6.95. The van der Waals surface area contributed by atoms with Crippen LogP contribution in [0, 0.1) is 6.92 Å². The second kappa shape index (κ2) is 6.10. The maximum absolute atomic E-state index is 5.92. The highest BCUT2D eigenvalue weighted by Gasteiger charge is 2.11. The van der Waals surface area contributed by atoms with Crippen molar-refractivity contribution in [1.29, 1.82) is 0 Å². The number of nitrogens with one attached hydrogen (secondary N) is 1. The van der Waals surface area contributed by atoms with Crippen LogP contribution < -0.4 is 10.1 Å². The molecule has 0 saturated carbocycles. The van der Waals surface area contributed by atoms with Crippen LogP contribution >= 0.6 is 11.3 Å². The Labute approximate surface area is 127 Å². The number of anilines is 1. The minimum Gasteiger partial charge on any atom is -0.472 e. The third-order valence-electron chi connectivity index (χ3n) is 3.03. The zero-order chi connectivity index (χ0) is 14.7. The van der Waals surface area contributed by atoms with Gasteiger partial charge in [0.05, 0.1) is 5.39 Å². The van der Waals surface area contributed by atoms with Gasteiger partial charge in [0.15, 0.2) is 0 Å². The van der Waals surface area contributed by atoms with E-state index in [0.29, 0.717) is 18.4 Å². The van der Waals surface area contributed by atoms with E-state index in [9.17, 15) is 0 Å². The van der Waals surface area contributed by atoms with Crippen LogP contribution in [0.2, 0.25) is 0 Å². The number of benzene rings is 1. The molecule has 2 aromatic heterocycles. The van der Waals surface area contributed by atoms with Gasteiger partial charge in [-0.3, -0.25) is 0 Å². The molecule has 108 valence electrons. The molecule has 2 heterocycles. The summed E-state index contributed by atoms with van der Waals surface area (Å²) >= 11 is 1.66. The van der Waals surface area contributed by atoms with Crippen LogP contribution in [0.15, 0.2) is 36.4 Å². The maximum atomic E-state index is 5.92. The summed E-state index contributed by atoms with van der Waals surface area (Å²) in [7, 11) is 0. The lowest BCUT2D eigenvalue weighted by molar-refractivity contribution is 0.298. The SMILES string of the molecule is CCNc1nc(OCc2ccccc2)c2cc(C)sc2n1. The third kappa shape index (κ3) is 3.13. The number of fused-ring (bicyclic) bond motifs is 1. The first kappa shape index (κ1) is 13.8. The molecule has 0 aliphatic carbocycles. The summed E-state index contributed by atoms with van der Waals surface area (Å²) in [6.45, 7) is 5.39. The Hall–Kier alpha value is -2.14. The molecular formula is C16H17N3OS. The second-order valence-corrected chi connectivity index (χ2v) is 5.97. The van der Waals surface area contributed by atoms with E-state index in [-0.39, 0.29) is 0 Å². The summed E-state index contributed by atoms with van der Waals surface area (Å²) in [6.07, 6.45) is 0. The van der Waals surface area contributed by atoms with E-state index in [2.05, 4.69) is 28.3 Å². The lowest BCUT2D eigenvalue weighted by Crippen LogP contribution is -2.04.